The summed E-state index contributed by atoms with van der Waals surface area (Å²) in [5.41, 5.74) is 1.43. The van der Waals surface area contributed by atoms with E-state index in [0.717, 1.165) is 5.56 Å². The Balaban J connectivity index is 2.11. The van der Waals surface area contributed by atoms with Crippen molar-refractivity contribution in [3.8, 4) is 0 Å². The molecule has 0 amide bonds. The van der Waals surface area contributed by atoms with Crippen LogP contribution in [0.4, 0.5) is 0 Å². The summed E-state index contributed by atoms with van der Waals surface area (Å²) < 4.78 is 12.3. The SMILES string of the molecule is O=C(O)Cc1ccc(S(=O)Cc2ccc(Cl)cc2Cl)cc1. The molecule has 0 saturated carbocycles. The average molecular weight is 343 g/mol. The third kappa shape index (κ3) is 4.56. The highest BCUT2D eigenvalue weighted by Gasteiger charge is 2.09. The van der Waals surface area contributed by atoms with Gasteiger partial charge in [0.2, 0.25) is 0 Å². The van der Waals surface area contributed by atoms with Gasteiger partial charge in [-0.1, -0.05) is 41.4 Å². The van der Waals surface area contributed by atoms with Gasteiger partial charge in [-0.25, -0.2) is 0 Å². The van der Waals surface area contributed by atoms with Gasteiger partial charge < -0.3 is 5.11 Å². The fourth-order valence-electron chi connectivity index (χ4n) is 1.80. The lowest BCUT2D eigenvalue weighted by molar-refractivity contribution is -0.136. The molecular weight excluding hydrogens is 331 g/mol. The van der Waals surface area contributed by atoms with Crippen LogP contribution in [-0.2, 0) is 27.8 Å². The number of hydrogen-bond acceptors (Lipinski definition) is 2. The molecule has 2 aromatic carbocycles. The number of aliphatic carboxylic acids is 1. The normalized spacial score (nSPS) is 12.1. The van der Waals surface area contributed by atoms with Crippen molar-refractivity contribution in [1.82, 2.24) is 0 Å². The smallest absolute Gasteiger partial charge is 0.307 e. The Hall–Kier alpha value is -1.36. The van der Waals surface area contributed by atoms with E-state index in [1.54, 1.807) is 42.5 Å². The van der Waals surface area contributed by atoms with Crippen LogP contribution in [0.1, 0.15) is 11.1 Å². The number of carbonyl (C=O) groups is 1. The first-order valence-corrected chi connectivity index (χ1v) is 8.16. The minimum atomic E-state index is -1.25. The minimum absolute atomic E-state index is 0.0457. The van der Waals surface area contributed by atoms with Gasteiger partial charge in [0, 0.05) is 14.9 Å². The van der Waals surface area contributed by atoms with Crippen LogP contribution in [0.2, 0.25) is 10.0 Å². The largest absolute Gasteiger partial charge is 0.481 e. The van der Waals surface area contributed by atoms with Crippen molar-refractivity contribution in [2.75, 3.05) is 0 Å². The van der Waals surface area contributed by atoms with E-state index < -0.39 is 16.8 Å². The number of hydrogen-bond donors (Lipinski definition) is 1. The van der Waals surface area contributed by atoms with Crippen molar-refractivity contribution in [2.24, 2.45) is 0 Å². The van der Waals surface area contributed by atoms with Crippen molar-refractivity contribution < 1.29 is 14.1 Å². The molecule has 0 aliphatic rings. The van der Waals surface area contributed by atoms with Gasteiger partial charge in [-0.05, 0) is 35.4 Å². The van der Waals surface area contributed by atoms with Gasteiger partial charge in [0.25, 0.3) is 0 Å². The van der Waals surface area contributed by atoms with Crippen LogP contribution >= 0.6 is 23.2 Å². The van der Waals surface area contributed by atoms with E-state index in [2.05, 4.69) is 0 Å². The molecule has 110 valence electrons. The summed E-state index contributed by atoms with van der Waals surface area (Å²) in [5, 5.41) is 9.73. The maximum Gasteiger partial charge on any atom is 0.307 e. The van der Waals surface area contributed by atoms with Gasteiger partial charge in [0.05, 0.1) is 23.0 Å². The third-order valence-corrected chi connectivity index (χ3v) is 4.80. The molecule has 2 rings (SSSR count). The zero-order valence-corrected chi connectivity index (χ0v) is 13.2. The zero-order chi connectivity index (χ0) is 15.4. The molecule has 0 fully saturated rings. The van der Waals surface area contributed by atoms with E-state index in [1.807, 2.05) is 0 Å². The predicted octanol–water partition coefficient (Wildman–Crippen LogP) is 3.93. The first-order chi connectivity index (χ1) is 9.95. The molecule has 1 unspecified atom stereocenters. The fraction of sp³-hybridized carbons (Fsp3) is 0.133. The number of carboxylic acids is 1. The molecular formula is C15H12Cl2O3S. The quantitative estimate of drug-likeness (QED) is 0.895. The summed E-state index contributed by atoms with van der Waals surface area (Å²) in [6.45, 7) is 0. The molecule has 0 aliphatic heterocycles. The summed E-state index contributed by atoms with van der Waals surface area (Å²) in [6.07, 6.45) is -0.0457. The van der Waals surface area contributed by atoms with Crippen LogP contribution < -0.4 is 0 Å². The highest BCUT2D eigenvalue weighted by Crippen LogP contribution is 2.23. The molecule has 21 heavy (non-hydrogen) atoms. The molecule has 0 aliphatic carbocycles. The molecule has 3 nitrogen and oxygen atoms in total. The maximum absolute atomic E-state index is 12.3. The van der Waals surface area contributed by atoms with Gasteiger partial charge in [-0.15, -0.1) is 0 Å². The topological polar surface area (TPSA) is 54.4 Å². The summed E-state index contributed by atoms with van der Waals surface area (Å²) in [6, 6.07) is 11.8. The highest BCUT2D eigenvalue weighted by atomic mass is 35.5. The number of rotatable bonds is 5. The molecule has 6 heteroatoms. The molecule has 0 aromatic heterocycles. The van der Waals surface area contributed by atoms with Crippen molar-refractivity contribution >= 4 is 40.0 Å². The van der Waals surface area contributed by atoms with Gasteiger partial charge in [-0.2, -0.15) is 0 Å². The second kappa shape index (κ2) is 7.07. The Kier molecular flexibility index (Phi) is 5.39. The van der Waals surface area contributed by atoms with Crippen LogP contribution in [0.5, 0.6) is 0 Å². The van der Waals surface area contributed by atoms with E-state index in [0.29, 0.717) is 20.5 Å². The Morgan fingerprint density at radius 3 is 2.33 bits per heavy atom. The molecule has 0 heterocycles. The number of halogens is 2. The van der Waals surface area contributed by atoms with Crippen molar-refractivity contribution in [2.45, 2.75) is 17.1 Å². The van der Waals surface area contributed by atoms with E-state index in [9.17, 15) is 9.00 Å². The van der Waals surface area contributed by atoms with E-state index in [4.69, 9.17) is 28.3 Å². The molecule has 0 saturated heterocycles. The van der Waals surface area contributed by atoms with Gasteiger partial charge in [0.1, 0.15) is 0 Å². The second-order valence-corrected chi connectivity index (χ2v) is 6.73. The lowest BCUT2D eigenvalue weighted by Crippen LogP contribution is -2.01. The zero-order valence-electron chi connectivity index (χ0n) is 10.9. The molecule has 1 N–H and O–H groups in total. The summed E-state index contributed by atoms with van der Waals surface area (Å²) in [4.78, 5) is 11.2. The lowest BCUT2D eigenvalue weighted by Gasteiger charge is -2.06. The van der Waals surface area contributed by atoms with E-state index in [-0.39, 0.29) is 12.2 Å². The van der Waals surface area contributed by atoms with Crippen LogP contribution in [0, 0.1) is 0 Å². The highest BCUT2D eigenvalue weighted by molar-refractivity contribution is 7.84. The van der Waals surface area contributed by atoms with Crippen LogP contribution in [0.3, 0.4) is 0 Å². The number of carboxylic acid groups (broad SMARTS) is 1. The summed E-state index contributed by atoms with van der Waals surface area (Å²) >= 11 is 11.9. The van der Waals surface area contributed by atoms with Crippen molar-refractivity contribution in [1.29, 1.82) is 0 Å². The minimum Gasteiger partial charge on any atom is -0.481 e. The van der Waals surface area contributed by atoms with Crippen LogP contribution in [-0.4, -0.2) is 15.3 Å². The third-order valence-electron chi connectivity index (χ3n) is 2.84. The van der Waals surface area contributed by atoms with Gasteiger partial charge in [-0.3, -0.25) is 9.00 Å². The van der Waals surface area contributed by atoms with Crippen molar-refractivity contribution in [3.05, 3.63) is 63.6 Å². The monoisotopic (exact) mass is 342 g/mol. The van der Waals surface area contributed by atoms with E-state index >= 15 is 0 Å². The molecule has 1 atom stereocenters. The molecule has 2 aromatic rings. The Labute approximate surface area is 135 Å². The molecule has 0 bridgehead atoms. The lowest BCUT2D eigenvalue weighted by atomic mass is 10.2. The number of benzene rings is 2. The first-order valence-electron chi connectivity index (χ1n) is 6.09. The predicted molar refractivity (Wildman–Crippen MR) is 84.4 cm³/mol. The Morgan fingerprint density at radius 1 is 1.10 bits per heavy atom. The van der Waals surface area contributed by atoms with Gasteiger partial charge >= 0.3 is 5.97 Å². The maximum atomic E-state index is 12.3. The Morgan fingerprint density at radius 2 is 1.76 bits per heavy atom. The second-order valence-electron chi connectivity index (χ2n) is 4.44. The summed E-state index contributed by atoms with van der Waals surface area (Å²) in [5.74, 6) is -0.606. The summed E-state index contributed by atoms with van der Waals surface area (Å²) in [7, 11) is -1.25. The molecule has 0 radical (unpaired) electrons. The van der Waals surface area contributed by atoms with Crippen LogP contribution in [0.15, 0.2) is 47.4 Å². The van der Waals surface area contributed by atoms with E-state index in [1.165, 1.54) is 0 Å². The van der Waals surface area contributed by atoms with Crippen LogP contribution in [0.25, 0.3) is 0 Å². The standard InChI is InChI=1S/C15H12Cl2O3S/c16-12-4-3-11(14(17)8-12)9-21(20)13-5-1-10(2-6-13)7-15(18)19/h1-6,8H,7,9H2,(H,18,19). The average Bonchev–Trinajstić information content (AvgIpc) is 2.42. The van der Waals surface area contributed by atoms with Gasteiger partial charge in [0.15, 0.2) is 0 Å². The molecule has 0 spiro atoms. The fourth-order valence-corrected chi connectivity index (χ4v) is 3.49. The first kappa shape index (κ1) is 16.0. The van der Waals surface area contributed by atoms with Crippen molar-refractivity contribution in [3.63, 3.8) is 0 Å². The Bertz CT molecular complexity index is 684.